The molecule has 0 atom stereocenters. The van der Waals surface area contributed by atoms with Crippen LogP contribution in [0.1, 0.15) is 26.7 Å². The van der Waals surface area contributed by atoms with Crippen molar-refractivity contribution in [2.45, 2.75) is 26.7 Å². The summed E-state index contributed by atoms with van der Waals surface area (Å²) in [5.41, 5.74) is 0. The molecule has 60 valence electrons. The first-order valence-electron chi connectivity index (χ1n) is 3.97. The van der Waals surface area contributed by atoms with Gasteiger partial charge in [0.25, 0.3) is 0 Å². The van der Waals surface area contributed by atoms with Crippen molar-refractivity contribution in [1.29, 1.82) is 0 Å². The van der Waals surface area contributed by atoms with E-state index in [9.17, 15) is 0 Å². The topological polar surface area (TPSA) is 24.1 Å². The van der Waals surface area contributed by atoms with Gasteiger partial charge < -0.3 is 10.6 Å². The molecule has 2 nitrogen and oxygen atoms in total. The van der Waals surface area contributed by atoms with Crippen LogP contribution in [0.3, 0.4) is 0 Å². The predicted octanol–water partition coefficient (Wildman–Crippen LogP) is 1.46. The fourth-order valence-electron chi connectivity index (χ4n) is 0.614. The average molecular weight is 142 g/mol. The zero-order chi connectivity index (χ0) is 7.82. The summed E-state index contributed by atoms with van der Waals surface area (Å²) in [6.07, 6.45) is 2.29. The molecule has 0 aliphatic carbocycles. The van der Waals surface area contributed by atoms with Crippen molar-refractivity contribution >= 4 is 0 Å². The Morgan fingerprint density at radius 3 is 1.80 bits per heavy atom. The quantitative estimate of drug-likeness (QED) is 0.586. The van der Waals surface area contributed by atoms with E-state index in [-0.39, 0.29) is 0 Å². The third kappa shape index (κ3) is 5.48. The lowest BCUT2D eigenvalue weighted by atomic mass is 10.4. The molecule has 0 rings (SSSR count). The normalized spacial score (nSPS) is 9.00. The Morgan fingerprint density at radius 1 is 1.10 bits per heavy atom. The van der Waals surface area contributed by atoms with E-state index in [1.165, 1.54) is 0 Å². The average Bonchev–Trinajstić information content (AvgIpc) is 1.97. The third-order valence-corrected chi connectivity index (χ3v) is 1.18. The molecule has 0 aromatic heterocycles. The summed E-state index contributed by atoms with van der Waals surface area (Å²) in [5.74, 6) is 0.948. The zero-order valence-corrected chi connectivity index (χ0v) is 7.04. The fraction of sp³-hybridized carbons (Fsp3) is 0.750. The summed E-state index contributed by atoms with van der Waals surface area (Å²) in [6, 6.07) is 0. The van der Waals surface area contributed by atoms with Crippen LogP contribution in [0.5, 0.6) is 0 Å². The van der Waals surface area contributed by atoms with Gasteiger partial charge in [0.1, 0.15) is 0 Å². The Morgan fingerprint density at radius 2 is 1.50 bits per heavy atom. The standard InChI is InChI=1S/C8H18N2/c1-4-6-9-8(3)10-7-5-2/h9-10H,3-7H2,1-2H3. The van der Waals surface area contributed by atoms with Crippen LogP contribution in [0.15, 0.2) is 12.4 Å². The second-order valence-electron chi connectivity index (χ2n) is 2.33. The van der Waals surface area contributed by atoms with Gasteiger partial charge in [-0.1, -0.05) is 20.4 Å². The van der Waals surface area contributed by atoms with E-state index in [1.807, 2.05) is 0 Å². The van der Waals surface area contributed by atoms with Gasteiger partial charge in [0.15, 0.2) is 0 Å². The highest BCUT2D eigenvalue weighted by atomic mass is 15.1. The monoisotopic (exact) mass is 142 g/mol. The third-order valence-electron chi connectivity index (χ3n) is 1.18. The number of rotatable bonds is 6. The van der Waals surface area contributed by atoms with Crippen LogP contribution in [0.2, 0.25) is 0 Å². The van der Waals surface area contributed by atoms with Crippen LogP contribution < -0.4 is 10.6 Å². The van der Waals surface area contributed by atoms with Gasteiger partial charge in [0.05, 0.1) is 5.82 Å². The Kier molecular flexibility index (Phi) is 6.03. The van der Waals surface area contributed by atoms with E-state index in [2.05, 4.69) is 31.1 Å². The van der Waals surface area contributed by atoms with Crippen LogP contribution in [0.25, 0.3) is 0 Å². The first kappa shape index (κ1) is 9.34. The Labute approximate surface area is 63.7 Å². The molecule has 2 heteroatoms. The molecular weight excluding hydrogens is 124 g/mol. The summed E-state index contributed by atoms with van der Waals surface area (Å²) >= 11 is 0. The molecule has 0 spiro atoms. The summed E-state index contributed by atoms with van der Waals surface area (Å²) < 4.78 is 0. The van der Waals surface area contributed by atoms with Crippen LogP contribution in [0, 0.1) is 0 Å². The Hall–Kier alpha value is -0.660. The molecule has 0 aliphatic heterocycles. The maximum atomic E-state index is 3.81. The molecule has 0 unspecified atom stereocenters. The van der Waals surface area contributed by atoms with Crippen molar-refractivity contribution in [2.24, 2.45) is 0 Å². The van der Waals surface area contributed by atoms with E-state index >= 15 is 0 Å². The Balaban J connectivity index is 3.09. The molecular formula is C8H18N2. The second-order valence-corrected chi connectivity index (χ2v) is 2.33. The Bertz CT molecular complexity index is 79.3. The highest BCUT2D eigenvalue weighted by molar-refractivity contribution is 4.86. The molecule has 0 bridgehead atoms. The number of hydrogen-bond acceptors (Lipinski definition) is 2. The maximum Gasteiger partial charge on any atom is 0.0912 e. The van der Waals surface area contributed by atoms with E-state index in [0.717, 1.165) is 31.8 Å². The van der Waals surface area contributed by atoms with Gasteiger partial charge in [0, 0.05) is 13.1 Å². The first-order valence-corrected chi connectivity index (χ1v) is 3.97. The van der Waals surface area contributed by atoms with E-state index in [1.54, 1.807) is 0 Å². The molecule has 0 heterocycles. The lowest BCUT2D eigenvalue weighted by molar-refractivity contribution is 0.666. The molecule has 0 aliphatic rings. The second kappa shape index (κ2) is 6.46. The summed E-state index contributed by atoms with van der Waals surface area (Å²) in [5, 5.41) is 6.32. The molecule has 0 fully saturated rings. The minimum Gasteiger partial charge on any atom is -0.372 e. The van der Waals surface area contributed by atoms with Crippen LogP contribution in [-0.4, -0.2) is 13.1 Å². The molecule has 0 saturated carbocycles. The minimum atomic E-state index is 0.948. The molecule has 0 amide bonds. The highest BCUT2D eigenvalue weighted by Crippen LogP contribution is 1.79. The van der Waals surface area contributed by atoms with Crippen molar-refractivity contribution in [2.75, 3.05) is 13.1 Å². The molecule has 2 N–H and O–H groups in total. The van der Waals surface area contributed by atoms with Gasteiger partial charge in [-0.15, -0.1) is 0 Å². The predicted molar refractivity (Wildman–Crippen MR) is 45.7 cm³/mol. The zero-order valence-electron chi connectivity index (χ0n) is 7.04. The van der Waals surface area contributed by atoms with E-state index < -0.39 is 0 Å². The molecule has 10 heavy (non-hydrogen) atoms. The lowest BCUT2D eigenvalue weighted by Crippen LogP contribution is -2.26. The smallest absolute Gasteiger partial charge is 0.0912 e. The van der Waals surface area contributed by atoms with Gasteiger partial charge in [-0.3, -0.25) is 0 Å². The summed E-state index contributed by atoms with van der Waals surface area (Å²) in [6.45, 7) is 10.1. The molecule has 0 aromatic carbocycles. The summed E-state index contributed by atoms with van der Waals surface area (Å²) in [4.78, 5) is 0. The maximum absolute atomic E-state index is 3.81. The number of hydrogen-bond donors (Lipinski definition) is 2. The van der Waals surface area contributed by atoms with Crippen molar-refractivity contribution in [3.05, 3.63) is 12.4 Å². The van der Waals surface area contributed by atoms with Gasteiger partial charge in [-0.25, -0.2) is 0 Å². The summed E-state index contributed by atoms with van der Waals surface area (Å²) in [7, 11) is 0. The van der Waals surface area contributed by atoms with Crippen LogP contribution in [-0.2, 0) is 0 Å². The molecule has 0 saturated heterocycles. The van der Waals surface area contributed by atoms with Crippen LogP contribution in [0.4, 0.5) is 0 Å². The molecule has 0 radical (unpaired) electrons. The van der Waals surface area contributed by atoms with Crippen molar-refractivity contribution in [1.82, 2.24) is 10.6 Å². The highest BCUT2D eigenvalue weighted by Gasteiger charge is 1.86. The molecule has 0 aromatic rings. The van der Waals surface area contributed by atoms with Crippen LogP contribution >= 0.6 is 0 Å². The van der Waals surface area contributed by atoms with Gasteiger partial charge in [-0.05, 0) is 12.8 Å². The van der Waals surface area contributed by atoms with Crippen molar-refractivity contribution in [3.63, 3.8) is 0 Å². The number of nitrogens with one attached hydrogen (secondary N) is 2. The minimum absolute atomic E-state index is 0.948. The lowest BCUT2D eigenvalue weighted by Gasteiger charge is -2.09. The fourth-order valence-corrected chi connectivity index (χ4v) is 0.614. The van der Waals surface area contributed by atoms with Crippen molar-refractivity contribution in [3.8, 4) is 0 Å². The van der Waals surface area contributed by atoms with Gasteiger partial charge >= 0.3 is 0 Å². The van der Waals surface area contributed by atoms with Crippen molar-refractivity contribution < 1.29 is 0 Å². The van der Waals surface area contributed by atoms with Gasteiger partial charge in [-0.2, -0.15) is 0 Å². The largest absolute Gasteiger partial charge is 0.372 e. The SMILES string of the molecule is C=C(NCCC)NCCC. The van der Waals surface area contributed by atoms with E-state index in [0.29, 0.717) is 0 Å². The first-order chi connectivity index (χ1) is 4.81. The van der Waals surface area contributed by atoms with E-state index in [4.69, 9.17) is 0 Å². The van der Waals surface area contributed by atoms with Gasteiger partial charge in [0.2, 0.25) is 0 Å².